The Morgan fingerprint density at radius 3 is 2.44 bits per heavy atom. The van der Waals surface area contributed by atoms with Gasteiger partial charge >= 0.3 is 5.97 Å². The first-order valence-electron chi connectivity index (χ1n) is 8.93. The van der Waals surface area contributed by atoms with Gasteiger partial charge in [0.1, 0.15) is 6.04 Å². The minimum atomic E-state index is -0.991. The van der Waals surface area contributed by atoms with Gasteiger partial charge < -0.3 is 10.1 Å². The molecular formula is C21H22N2O4. The lowest BCUT2D eigenvalue weighted by atomic mass is 10.0. The maximum atomic E-state index is 12.9. The summed E-state index contributed by atoms with van der Waals surface area (Å²) in [7, 11) is 0. The third kappa shape index (κ3) is 4.34. The average molecular weight is 366 g/mol. The van der Waals surface area contributed by atoms with Gasteiger partial charge in [0, 0.05) is 12.1 Å². The molecule has 2 aromatic rings. The Labute approximate surface area is 158 Å². The molecule has 0 aliphatic carbocycles. The van der Waals surface area contributed by atoms with Crippen molar-refractivity contribution in [2.45, 2.75) is 32.7 Å². The summed E-state index contributed by atoms with van der Waals surface area (Å²) in [6.07, 6.45) is 0.102. The Bertz CT molecular complexity index is 848. The topological polar surface area (TPSA) is 75.7 Å². The van der Waals surface area contributed by atoms with Crippen LogP contribution in [0.4, 0.5) is 11.4 Å². The summed E-state index contributed by atoms with van der Waals surface area (Å²) in [5.74, 6) is -0.703. The molecule has 2 aromatic carbocycles. The van der Waals surface area contributed by atoms with E-state index in [1.165, 1.54) is 4.90 Å². The number of benzene rings is 2. The fraction of sp³-hybridized carbons (Fsp3) is 0.286. The molecule has 140 valence electrons. The molecule has 0 fully saturated rings. The molecule has 0 unspecified atom stereocenters. The van der Waals surface area contributed by atoms with Crippen LogP contribution < -0.4 is 15.0 Å². The molecule has 0 saturated carbocycles. The Morgan fingerprint density at radius 1 is 1.07 bits per heavy atom. The van der Waals surface area contributed by atoms with E-state index in [0.29, 0.717) is 17.1 Å². The number of esters is 1. The number of fused-ring (bicyclic) bond motifs is 1. The Hall–Kier alpha value is -3.15. The summed E-state index contributed by atoms with van der Waals surface area (Å²) < 4.78 is 5.37. The van der Waals surface area contributed by atoms with Gasteiger partial charge in [-0.05, 0) is 30.2 Å². The van der Waals surface area contributed by atoms with Crippen LogP contribution in [0.2, 0.25) is 0 Å². The molecule has 0 spiro atoms. The molecule has 1 aliphatic heterocycles. The maximum absolute atomic E-state index is 12.9. The summed E-state index contributed by atoms with van der Waals surface area (Å²) in [6, 6.07) is 14.9. The number of carbonyl (C=O) groups is 3. The van der Waals surface area contributed by atoms with Gasteiger partial charge in [0.2, 0.25) is 11.8 Å². The number of ether oxygens (including phenoxy) is 1. The molecule has 1 atom stereocenters. The van der Waals surface area contributed by atoms with Gasteiger partial charge in [-0.1, -0.05) is 44.2 Å². The number of para-hydroxylation sites is 3. The monoisotopic (exact) mass is 366 g/mol. The number of hydrogen-bond acceptors (Lipinski definition) is 4. The molecule has 0 aromatic heterocycles. The van der Waals surface area contributed by atoms with Gasteiger partial charge in [-0.25, -0.2) is 4.79 Å². The predicted octanol–water partition coefficient (Wildman–Crippen LogP) is 3.38. The summed E-state index contributed by atoms with van der Waals surface area (Å²) in [5.41, 5.74) is 1.15. The van der Waals surface area contributed by atoms with Crippen molar-refractivity contribution in [2.24, 2.45) is 5.92 Å². The van der Waals surface area contributed by atoms with Crippen molar-refractivity contribution < 1.29 is 19.1 Å². The molecule has 3 rings (SSSR count). The van der Waals surface area contributed by atoms with Gasteiger partial charge in [-0.15, -0.1) is 0 Å². The summed E-state index contributed by atoms with van der Waals surface area (Å²) in [4.78, 5) is 39.3. The zero-order valence-electron chi connectivity index (χ0n) is 15.3. The van der Waals surface area contributed by atoms with E-state index in [4.69, 9.17) is 4.74 Å². The van der Waals surface area contributed by atoms with E-state index in [1.54, 1.807) is 48.5 Å². The normalized spacial score (nSPS) is 15.9. The molecule has 6 nitrogen and oxygen atoms in total. The fourth-order valence-corrected chi connectivity index (χ4v) is 3.03. The molecule has 27 heavy (non-hydrogen) atoms. The minimum absolute atomic E-state index is 0.126. The number of anilines is 2. The van der Waals surface area contributed by atoms with Crippen molar-refractivity contribution in [1.82, 2.24) is 0 Å². The first kappa shape index (κ1) is 18.6. The maximum Gasteiger partial charge on any atom is 0.335 e. The highest BCUT2D eigenvalue weighted by Gasteiger charge is 2.39. The van der Waals surface area contributed by atoms with Crippen molar-refractivity contribution in [1.29, 1.82) is 0 Å². The van der Waals surface area contributed by atoms with E-state index < -0.39 is 12.0 Å². The first-order valence-corrected chi connectivity index (χ1v) is 8.93. The lowest BCUT2D eigenvalue weighted by Gasteiger charge is -2.35. The van der Waals surface area contributed by atoms with Crippen LogP contribution in [0, 0.1) is 5.92 Å². The molecule has 1 aliphatic rings. The van der Waals surface area contributed by atoms with Crippen LogP contribution in [-0.4, -0.2) is 23.8 Å². The smallest absolute Gasteiger partial charge is 0.335 e. The second-order valence-corrected chi connectivity index (χ2v) is 6.88. The van der Waals surface area contributed by atoms with Crippen molar-refractivity contribution in [3.05, 3.63) is 54.6 Å². The molecular weight excluding hydrogens is 344 g/mol. The van der Waals surface area contributed by atoms with E-state index in [9.17, 15) is 14.4 Å². The minimum Gasteiger partial charge on any atom is -0.423 e. The molecule has 0 bridgehead atoms. The van der Waals surface area contributed by atoms with E-state index in [2.05, 4.69) is 5.32 Å². The van der Waals surface area contributed by atoms with E-state index in [0.717, 1.165) is 0 Å². The van der Waals surface area contributed by atoms with Crippen LogP contribution in [0.25, 0.3) is 0 Å². The van der Waals surface area contributed by atoms with E-state index >= 15 is 0 Å². The largest absolute Gasteiger partial charge is 0.423 e. The quantitative estimate of drug-likeness (QED) is 0.650. The van der Waals surface area contributed by atoms with Gasteiger partial charge in [0.25, 0.3) is 0 Å². The van der Waals surface area contributed by atoms with Gasteiger partial charge in [0.15, 0.2) is 5.75 Å². The van der Waals surface area contributed by atoms with Crippen molar-refractivity contribution in [3.8, 4) is 5.75 Å². The first-order chi connectivity index (χ1) is 13.0. The number of nitrogens with one attached hydrogen (secondary N) is 1. The SMILES string of the molecule is CC(C)CC(=O)N1c2ccccc2OC(=O)[C@H]1CC(=O)Nc1ccccc1. The Kier molecular flexibility index (Phi) is 5.54. The van der Waals surface area contributed by atoms with Crippen LogP contribution in [-0.2, 0) is 14.4 Å². The zero-order chi connectivity index (χ0) is 19.4. The molecule has 0 saturated heterocycles. The Morgan fingerprint density at radius 2 is 1.74 bits per heavy atom. The van der Waals surface area contributed by atoms with Crippen molar-refractivity contribution in [3.63, 3.8) is 0 Å². The predicted molar refractivity (Wildman–Crippen MR) is 102 cm³/mol. The van der Waals surface area contributed by atoms with E-state index in [-0.39, 0.29) is 30.6 Å². The second kappa shape index (κ2) is 8.03. The summed E-state index contributed by atoms with van der Waals surface area (Å²) >= 11 is 0. The lowest BCUT2D eigenvalue weighted by Crippen LogP contribution is -2.51. The summed E-state index contributed by atoms with van der Waals surface area (Å²) in [5, 5.41) is 2.75. The molecule has 0 radical (unpaired) electrons. The van der Waals surface area contributed by atoms with Crippen LogP contribution in [0.5, 0.6) is 5.75 Å². The van der Waals surface area contributed by atoms with Crippen LogP contribution in [0.1, 0.15) is 26.7 Å². The van der Waals surface area contributed by atoms with Crippen molar-refractivity contribution in [2.75, 3.05) is 10.2 Å². The molecule has 6 heteroatoms. The number of amides is 2. The molecule has 1 N–H and O–H groups in total. The van der Waals surface area contributed by atoms with Gasteiger partial charge in [-0.2, -0.15) is 0 Å². The van der Waals surface area contributed by atoms with Crippen LogP contribution in [0.15, 0.2) is 54.6 Å². The molecule has 2 amide bonds. The van der Waals surface area contributed by atoms with E-state index in [1.807, 2.05) is 19.9 Å². The van der Waals surface area contributed by atoms with Crippen LogP contribution in [0.3, 0.4) is 0 Å². The van der Waals surface area contributed by atoms with Gasteiger partial charge in [-0.3, -0.25) is 14.5 Å². The average Bonchev–Trinajstić information content (AvgIpc) is 2.62. The van der Waals surface area contributed by atoms with Crippen molar-refractivity contribution >= 4 is 29.2 Å². The Balaban J connectivity index is 1.85. The zero-order valence-corrected chi connectivity index (χ0v) is 15.3. The number of carbonyl (C=O) groups excluding carboxylic acids is 3. The summed E-state index contributed by atoms with van der Waals surface area (Å²) in [6.45, 7) is 3.87. The third-order valence-electron chi connectivity index (χ3n) is 4.21. The van der Waals surface area contributed by atoms with Crippen LogP contribution >= 0.6 is 0 Å². The molecule has 1 heterocycles. The number of rotatable bonds is 5. The highest BCUT2D eigenvalue weighted by molar-refractivity contribution is 6.06. The fourth-order valence-electron chi connectivity index (χ4n) is 3.03. The van der Waals surface area contributed by atoms with Gasteiger partial charge in [0.05, 0.1) is 12.1 Å². The number of nitrogens with zero attached hydrogens (tertiary/aromatic N) is 1. The standard InChI is InChI=1S/C21H22N2O4/c1-14(2)12-20(25)23-16-10-6-7-11-18(16)27-21(26)17(23)13-19(24)22-15-8-4-3-5-9-15/h3-11,14,17H,12-13H2,1-2H3,(H,22,24)/t17-/m1/s1. The highest BCUT2D eigenvalue weighted by atomic mass is 16.5. The third-order valence-corrected chi connectivity index (χ3v) is 4.21. The number of hydrogen-bond donors (Lipinski definition) is 1. The lowest BCUT2D eigenvalue weighted by molar-refractivity contribution is -0.140. The highest BCUT2D eigenvalue weighted by Crippen LogP contribution is 2.36. The second-order valence-electron chi connectivity index (χ2n) is 6.88.